The molecule has 58 heavy (non-hydrogen) atoms. The molecule has 3 heterocycles. The topological polar surface area (TPSA) is 13.8 Å². The van der Waals surface area contributed by atoms with Crippen LogP contribution in [0.5, 0.6) is 0 Å². The van der Waals surface area contributed by atoms with Crippen LogP contribution in [-0.2, 0) is 6.42 Å². The first-order chi connectivity index (χ1) is 28.6. The van der Waals surface area contributed by atoms with Crippen molar-refractivity contribution in [3.8, 4) is 16.8 Å². The van der Waals surface area contributed by atoms with Gasteiger partial charge in [-0.1, -0.05) is 134 Å². The Morgan fingerprint density at radius 1 is 0.534 bits per heavy atom. The number of para-hydroxylation sites is 3. The summed E-state index contributed by atoms with van der Waals surface area (Å²) in [7, 11) is 0. The molecule has 0 saturated heterocycles. The summed E-state index contributed by atoms with van der Waals surface area (Å²) in [5.74, 6) is 0.175. The molecule has 0 N–H and O–H groups in total. The Hall–Kier alpha value is -6.84. The number of fused-ring (bicyclic) bond motifs is 14. The summed E-state index contributed by atoms with van der Waals surface area (Å²) in [6.45, 7) is 4.68. The van der Waals surface area contributed by atoms with E-state index >= 15 is 0 Å². The van der Waals surface area contributed by atoms with Crippen molar-refractivity contribution in [2.75, 3.05) is 0 Å². The van der Waals surface area contributed by atoms with Crippen LogP contribution in [0.15, 0.2) is 169 Å². The summed E-state index contributed by atoms with van der Waals surface area (Å²) in [4.78, 5) is 0. The van der Waals surface area contributed by atoms with Gasteiger partial charge < -0.3 is 4.57 Å². The Morgan fingerprint density at radius 3 is 2.16 bits per heavy atom. The molecule has 1 unspecified atom stereocenters. The van der Waals surface area contributed by atoms with Crippen LogP contribution in [0, 0.1) is 0 Å². The summed E-state index contributed by atoms with van der Waals surface area (Å²) in [6.07, 6.45) is 13.6. The lowest BCUT2D eigenvalue weighted by atomic mass is 9.82. The van der Waals surface area contributed by atoms with Crippen molar-refractivity contribution >= 4 is 66.2 Å². The molecule has 7 aromatic carbocycles. The number of rotatable bonds is 5. The highest BCUT2D eigenvalue weighted by molar-refractivity contribution is 6.17. The third-order valence-corrected chi connectivity index (χ3v) is 13.2. The maximum Gasteiger partial charge on any atom is 0.0894 e. The van der Waals surface area contributed by atoms with Crippen molar-refractivity contribution in [2.24, 2.45) is 0 Å². The molecule has 0 bridgehead atoms. The van der Waals surface area contributed by atoms with Crippen LogP contribution in [0.2, 0.25) is 0 Å². The minimum absolute atomic E-state index is 0.175. The summed E-state index contributed by atoms with van der Waals surface area (Å²) in [6, 6.07) is 54.9. The Morgan fingerprint density at radius 2 is 1.28 bits per heavy atom. The predicted octanol–water partition coefficient (Wildman–Crippen LogP) is 14.5. The molecule has 278 valence electrons. The van der Waals surface area contributed by atoms with Gasteiger partial charge in [-0.25, -0.2) is 9.03 Å². The van der Waals surface area contributed by atoms with Crippen LogP contribution in [0.25, 0.3) is 83.0 Å². The molecule has 3 heteroatoms. The minimum Gasteiger partial charge on any atom is -0.313 e. The molecule has 0 aliphatic heterocycles. The average Bonchev–Trinajstić information content (AvgIpc) is 3.61. The van der Waals surface area contributed by atoms with E-state index in [1.807, 2.05) is 0 Å². The average molecular weight is 746 g/mol. The van der Waals surface area contributed by atoms with E-state index < -0.39 is 0 Å². The van der Waals surface area contributed by atoms with Crippen LogP contribution in [0.4, 0.5) is 0 Å². The molecule has 1 atom stereocenters. The molecular formula is C55H43N3. The molecule has 3 nitrogen and oxygen atoms in total. The van der Waals surface area contributed by atoms with Crippen LogP contribution >= 0.6 is 0 Å². The fourth-order valence-electron chi connectivity index (χ4n) is 10.4. The second-order valence-corrected chi connectivity index (χ2v) is 16.4. The van der Waals surface area contributed by atoms with E-state index in [1.54, 1.807) is 0 Å². The SMILES string of the molecule is CC1=C(c2ccccc2C(C)c2cc(-c3ccc4c(c3)c3ccc5ccccc5c3n3c5ccccc5n43)cc(-n3c4c(c5ccccc53)C=CCC4)c2)CCC=C1. The fourth-order valence-corrected chi connectivity index (χ4v) is 10.4. The zero-order chi connectivity index (χ0) is 38.5. The van der Waals surface area contributed by atoms with Crippen molar-refractivity contribution in [3.63, 3.8) is 0 Å². The van der Waals surface area contributed by atoms with E-state index in [-0.39, 0.29) is 5.92 Å². The lowest BCUT2D eigenvalue weighted by Crippen LogP contribution is -2.13. The molecule has 0 saturated carbocycles. The number of benzene rings is 7. The van der Waals surface area contributed by atoms with Crippen molar-refractivity contribution in [1.29, 1.82) is 0 Å². The first-order valence-corrected chi connectivity index (χ1v) is 20.9. The number of hydrogen-bond acceptors (Lipinski definition) is 0. The van der Waals surface area contributed by atoms with Gasteiger partial charge in [0.15, 0.2) is 0 Å². The third-order valence-electron chi connectivity index (χ3n) is 13.2. The summed E-state index contributed by atoms with van der Waals surface area (Å²) in [5, 5.41) is 6.37. The first-order valence-electron chi connectivity index (χ1n) is 20.9. The van der Waals surface area contributed by atoms with Gasteiger partial charge in [0.25, 0.3) is 0 Å². The van der Waals surface area contributed by atoms with E-state index in [0.29, 0.717) is 0 Å². The van der Waals surface area contributed by atoms with Crippen LogP contribution < -0.4 is 0 Å². The van der Waals surface area contributed by atoms with E-state index in [4.69, 9.17) is 0 Å². The molecule has 12 rings (SSSR count). The maximum absolute atomic E-state index is 2.56. The normalized spacial score (nSPS) is 14.9. The van der Waals surface area contributed by atoms with Gasteiger partial charge >= 0.3 is 0 Å². The van der Waals surface area contributed by atoms with Gasteiger partial charge in [0.2, 0.25) is 0 Å². The zero-order valence-electron chi connectivity index (χ0n) is 32.9. The minimum atomic E-state index is 0.175. The van der Waals surface area contributed by atoms with Gasteiger partial charge in [0.05, 0.1) is 27.6 Å². The Balaban J connectivity index is 1.13. The number of nitrogens with zero attached hydrogens (tertiary/aromatic N) is 3. The zero-order valence-corrected chi connectivity index (χ0v) is 32.9. The van der Waals surface area contributed by atoms with Crippen LogP contribution in [0.1, 0.15) is 67.0 Å². The lowest BCUT2D eigenvalue weighted by molar-refractivity contribution is 0.873. The molecule has 0 radical (unpaired) electrons. The highest BCUT2D eigenvalue weighted by Gasteiger charge is 2.23. The molecule has 3 aromatic heterocycles. The largest absolute Gasteiger partial charge is 0.313 e. The monoisotopic (exact) mass is 745 g/mol. The van der Waals surface area contributed by atoms with Crippen molar-refractivity contribution in [3.05, 3.63) is 197 Å². The van der Waals surface area contributed by atoms with Crippen molar-refractivity contribution in [1.82, 2.24) is 13.6 Å². The van der Waals surface area contributed by atoms with Gasteiger partial charge in [-0.05, 0) is 119 Å². The summed E-state index contributed by atoms with van der Waals surface area (Å²) < 4.78 is 7.39. The van der Waals surface area contributed by atoms with Crippen molar-refractivity contribution in [2.45, 2.75) is 45.4 Å². The standard InChI is InChI=1S/C55H43N3/c1-35-15-3-5-17-42(35)45-20-8-7-18-43(45)36(2)39-31-40(33-41(32-39)56-50-23-11-9-21-46(50)47-22-10-12-24-51(47)56)38-28-30-52-49(34-38)48-29-27-37-16-4-6-19-44(37)55(48)58-54-26-14-13-25-53(54)57(52)58/h3-4,6-11,13-16,18-23,25-34,36H,5,12,17,24H2,1-2H3. The lowest BCUT2D eigenvalue weighted by Gasteiger charge is -2.24. The Labute approximate surface area is 338 Å². The fraction of sp³-hybridized carbons (Fsp3) is 0.127. The predicted molar refractivity (Wildman–Crippen MR) is 245 cm³/mol. The van der Waals surface area contributed by atoms with Gasteiger partial charge in [-0.2, -0.15) is 0 Å². The highest BCUT2D eigenvalue weighted by atomic mass is 15.4. The van der Waals surface area contributed by atoms with Crippen LogP contribution in [0.3, 0.4) is 0 Å². The van der Waals surface area contributed by atoms with E-state index in [2.05, 4.69) is 197 Å². The molecule has 0 amide bonds. The van der Waals surface area contributed by atoms with Gasteiger partial charge in [0, 0.05) is 44.4 Å². The third kappa shape index (κ3) is 4.86. The van der Waals surface area contributed by atoms with Crippen LogP contribution in [-0.4, -0.2) is 13.6 Å². The number of aromatic nitrogens is 3. The van der Waals surface area contributed by atoms with Gasteiger partial charge in [0.1, 0.15) is 0 Å². The second kappa shape index (κ2) is 12.8. The molecule has 0 fully saturated rings. The second-order valence-electron chi connectivity index (χ2n) is 16.4. The number of hydrogen-bond donors (Lipinski definition) is 0. The Kier molecular flexibility index (Phi) is 7.38. The molecule has 0 spiro atoms. The Bertz CT molecular complexity index is 3430. The smallest absolute Gasteiger partial charge is 0.0894 e. The van der Waals surface area contributed by atoms with E-state index in [9.17, 15) is 0 Å². The molecular weight excluding hydrogens is 703 g/mol. The van der Waals surface area contributed by atoms with E-state index in [1.165, 1.54) is 110 Å². The molecule has 2 aliphatic carbocycles. The summed E-state index contributed by atoms with van der Waals surface area (Å²) in [5.41, 5.74) is 19.6. The highest BCUT2D eigenvalue weighted by Crippen LogP contribution is 2.42. The first kappa shape index (κ1) is 33.3. The molecule has 10 aromatic rings. The van der Waals surface area contributed by atoms with E-state index in [0.717, 1.165) is 25.7 Å². The number of allylic oxidation sites excluding steroid dienone is 5. The van der Waals surface area contributed by atoms with Gasteiger partial charge in [-0.15, -0.1) is 0 Å². The quantitative estimate of drug-likeness (QED) is 0.156. The summed E-state index contributed by atoms with van der Waals surface area (Å²) >= 11 is 0. The molecule has 2 aliphatic rings. The maximum atomic E-state index is 2.56. The van der Waals surface area contributed by atoms with Gasteiger partial charge in [-0.3, -0.25) is 0 Å². The van der Waals surface area contributed by atoms with Crippen molar-refractivity contribution < 1.29 is 0 Å².